The van der Waals surface area contributed by atoms with Gasteiger partial charge in [0, 0.05) is 23.9 Å². The molecule has 3 N–H and O–H groups in total. The maximum atomic E-state index is 12.9. The molecule has 2 amide bonds. The third-order valence-corrected chi connectivity index (χ3v) is 4.37. The highest BCUT2D eigenvalue weighted by molar-refractivity contribution is 6.00. The average Bonchev–Trinajstić information content (AvgIpc) is 2.93. The topological polar surface area (TPSA) is 77.1 Å². The normalized spacial score (nSPS) is 11.5. The van der Waals surface area contributed by atoms with Crippen molar-refractivity contribution in [2.75, 3.05) is 5.32 Å². The van der Waals surface area contributed by atoms with Crippen molar-refractivity contribution in [3.05, 3.63) is 65.7 Å². The molecule has 28 heavy (non-hydrogen) atoms. The lowest BCUT2D eigenvalue weighted by molar-refractivity contribution is -0.167. The van der Waals surface area contributed by atoms with Crippen LogP contribution in [0.2, 0.25) is 0 Å². The van der Waals surface area contributed by atoms with Gasteiger partial charge in [-0.2, -0.15) is 13.2 Å². The van der Waals surface area contributed by atoms with Crippen LogP contribution >= 0.6 is 0 Å². The first-order chi connectivity index (χ1) is 13.3. The van der Waals surface area contributed by atoms with Crippen LogP contribution in [0, 0.1) is 0 Å². The van der Waals surface area contributed by atoms with Crippen LogP contribution < -0.4 is 11.1 Å². The first kappa shape index (κ1) is 19.5. The van der Waals surface area contributed by atoms with E-state index in [1.807, 2.05) is 35.6 Å². The van der Waals surface area contributed by atoms with E-state index >= 15 is 0 Å². The Bertz CT molecular complexity index is 1010. The van der Waals surface area contributed by atoms with E-state index in [4.69, 9.17) is 5.73 Å². The first-order valence-corrected chi connectivity index (χ1v) is 8.58. The fourth-order valence-electron chi connectivity index (χ4n) is 3.13. The van der Waals surface area contributed by atoms with Crippen LogP contribution in [0.25, 0.3) is 10.9 Å². The van der Waals surface area contributed by atoms with Crippen LogP contribution in [0.1, 0.15) is 17.5 Å². The number of halogens is 3. The minimum atomic E-state index is -5.03. The molecular weight excluding hydrogens is 371 g/mol. The summed E-state index contributed by atoms with van der Waals surface area (Å²) < 4.78 is 40.3. The SMILES string of the molecule is NC(=O)CCc1c(NC(=O)C(F)(F)F)n(Cc2ccccc2)c2ccccc12. The maximum absolute atomic E-state index is 12.9. The number of alkyl halides is 3. The summed E-state index contributed by atoms with van der Waals surface area (Å²) in [6.45, 7) is 0.255. The molecule has 0 aliphatic heterocycles. The molecule has 146 valence electrons. The van der Waals surface area contributed by atoms with Crippen LogP contribution in [-0.4, -0.2) is 22.6 Å². The summed E-state index contributed by atoms with van der Waals surface area (Å²) in [6.07, 6.45) is -4.96. The van der Waals surface area contributed by atoms with Crippen molar-refractivity contribution in [2.24, 2.45) is 5.73 Å². The van der Waals surface area contributed by atoms with Gasteiger partial charge in [0.2, 0.25) is 5.91 Å². The highest BCUT2D eigenvalue weighted by Crippen LogP contribution is 2.33. The van der Waals surface area contributed by atoms with Crippen LogP contribution in [0.3, 0.4) is 0 Å². The number of nitrogens with zero attached hydrogens (tertiary/aromatic N) is 1. The molecule has 1 heterocycles. The Balaban J connectivity index is 2.15. The molecule has 0 saturated heterocycles. The van der Waals surface area contributed by atoms with Crippen molar-refractivity contribution >= 4 is 28.5 Å². The summed E-state index contributed by atoms with van der Waals surface area (Å²) in [6, 6.07) is 16.2. The third-order valence-electron chi connectivity index (χ3n) is 4.37. The molecule has 5 nitrogen and oxygen atoms in total. The van der Waals surface area contributed by atoms with Crippen LogP contribution in [0.4, 0.5) is 19.0 Å². The standard InChI is InChI=1S/C20H18F3N3O2/c21-20(22,23)19(28)25-18-15(10-11-17(24)27)14-8-4-5-9-16(14)26(18)12-13-6-2-1-3-7-13/h1-9H,10-12H2,(H2,24,27)(H,25,28). The first-order valence-electron chi connectivity index (χ1n) is 8.58. The second kappa shape index (κ2) is 7.75. The van der Waals surface area contributed by atoms with Crippen molar-refractivity contribution in [3.63, 3.8) is 0 Å². The molecule has 1 aromatic heterocycles. The number of aryl methyl sites for hydroxylation is 1. The second-order valence-electron chi connectivity index (χ2n) is 6.33. The van der Waals surface area contributed by atoms with E-state index in [-0.39, 0.29) is 25.2 Å². The second-order valence-corrected chi connectivity index (χ2v) is 6.33. The van der Waals surface area contributed by atoms with Gasteiger partial charge in [0.05, 0.1) is 5.52 Å². The number of primary amides is 1. The molecule has 0 aliphatic carbocycles. The highest BCUT2D eigenvalue weighted by Gasteiger charge is 2.39. The quantitative estimate of drug-likeness (QED) is 0.676. The van der Waals surface area contributed by atoms with E-state index in [0.717, 1.165) is 5.56 Å². The Labute approximate surface area is 158 Å². The van der Waals surface area contributed by atoms with Crippen LogP contribution in [0.5, 0.6) is 0 Å². The molecule has 0 fully saturated rings. The molecule has 0 radical (unpaired) electrons. The fourth-order valence-corrected chi connectivity index (χ4v) is 3.13. The molecule has 0 saturated carbocycles. The number of nitrogens with two attached hydrogens (primary N) is 1. The fraction of sp³-hybridized carbons (Fsp3) is 0.200. The van der Waals surface area contributed by atoms with Gasteiger partial charge in [-0.1, -0.05) is 48.5 Å². The predicted molar refractivity (Wildman–Crippen MR) is 99.7 cm³/mol. The van der Waals surface area contributed by atoms with Gasteiger partial charge in [0.1, 0.15) is 5.82 Å². The van der Waals surface area contributed by atoms with Crippen molar-refractivity contribution < 1.29 is 22.8 Å². The number of carbonyl (C=O) groups excluding carboxylic acids is 2. The minimum absolute atomic E-state index is 0.0219. The Hall–Kier alpha value is -3.29. The molecule has 2 aromatic carbocycles. The molecule has 0 spiro atoms. The van der Waals surface area contributed by atoms with E-state index in [1.165, 1.54) is 0 Å². The number of amides is 2. The molecule has 8 heteroatoms. The Morgan fingerprint density at radius 2 is 1.64 bits per heavy atom. The number of para-hydroxylation sites is 1. The number of aromatic nitrogens is 1. The molecule has 0 atom stereocenters. The summed E-state index contributed by atoms with van der Waals surface area (Å²) in [5, 5.41) is 2.66. The van der Waals surface area contributed by atoms with Crippen molar-refractivity contribution in [1.82, 2.24) is 4.57 Å². The van der Waals surface area contributed by atoms with E-state index in [1.54, 1.807) is 28.8 Å². The molecule has 0 unspecified atom stereocenters. The number of benzene rings is 2. The average molecular weight is 389 g/mol. The summed E-state index contributed by atoms with van der Waals surface area (Å²) in [5.74, 6) is -2.62. The summed E-state index contributed by atoms with van der Waals surface area (Å²) in [5.41, 5.74) is 7.18. The minimum Gasteiger partial charge on any atom is -0.370 e. The third kappa shape index (κ3) is 4.16. The van der Waals surface area contributed by atoms with Gasteiger partial charge < -0.3 is 15.6 Å². The van der Waals surface area contributed by atoms with Crippen LogP contribution in [-0.2, 0) is 22.6 Å². The molecule has 3 rings (SSSR count). The van der Waals surface area contributed by atoms with Crippen molar-refractivity contribution in [1.29, 1.82) is 0 Å². The maximum Gasteiger partial charge on any atom is 0.471 e. The van der Waals surface area contributed by atoms with Crippen molar-refractivity contribution in [3.8, 4) is 0 Å². The van der Waals surface area contributed by atoms with E-state index < -0.39 is 18.0 Å². The van der Waals surface area contributed by atoms with Gasteiger partial charge in [0.15, 0.2) is 0 Å². The lowest BCUT2D eigenvalue weighted by Gasteiger charge is -2.15. The van der Waals surface area contributed by atoms with Gasteiger partial charge in [-0.15, -0.1) is 0 Å². The van der Waals surface area contributed by atoms with Gasteiger partial charge in [-0.05, 0) is 18.1 Å². The van der Waals surface area contributed by atoms with E-state index in [2.05, 4.69) is 0 Å². The van der Waals surface area contributed by atoms with Crippen molar-refractivity contribution in [2.45, 2.75) is 25.6 Å². The number of carbonyl (C=O) groups is 2. The molecule has 0 bridgehead atoms. The highest BCUT2D eigenvalue weighted by atomic mass is 19.4. The van der Waals surface area contributed by atoms with Gasteiger partial charge >= 0.3 is 12.1 Å². The summed E-state index contributed by atoms with van der Waals surface area (Å²) in [4.78, 5) is 22.9. The lowest BCUT2D eigenvalue weighted by atomic mass is 10.1. The zero-order valence-corrected chi connectivity index (χ0v) is 14.8. The predicted octanol–water partition coefficient (Wildman–Crippen LogP) is 3.61. The Morgan fingerprint density at radius 1 is 1.00 bits per heavy atom. The Kier molecular flexibility index (Phi) is 5.39. The smallest absolute Gasteiger partial charge is 0.370 e. The summed E-state index contributed by atoms with van der Waals surface area (Å²) >= 11 is 0. The lowest BCUT2D eigenvalue weighted by Crippen LogP contribution is -2.31. The largest absolute Gasteiger partial charge is 0.471 e. The van der Waals surface area contributed by atoms with Crippen LogP contribution in [0.15, 0.2) is 54.6 Å². The number of rotatable bonds is 6. The zero-order valence-electron chi connectivity index (χ0n) is 14.8. The van der Waals surface area contributed by atoms with E-state index in [0.29, 0.717) is 16.5 Å². The van der Waals surface area contributed by atoms with Gasteiger partial charge in [-0.25, -0.2) is 0 Å². The Morgan fingerprint density at radius 3 is 2.29 bits per heavy atom. The van der Waals surface area contributed by atoms with E-state index in [9.17, 15) is 22.8 Å². The van der Waals surface area contributed by atoms with Gasteiger partial charge in [0.25, 0.3) is 0 Å². The number of hydrogen-bond acceptors (Lipinski definition) is 2. The molecule has 3 aromatic rings. The van der Waals surface area contributed by atoms with Gasteiger partial charge in [-0.3, -0.25) is 9.59 Å². The molecule has 0 aliphatic rings. The number of anilines is 1. The molecular formula is C20H18F3N3O2. The monoisotopic (exact) mass is 389 g/mol. The summed E-state index contributed by atoms with van der Waals surface area (Å²) in [7, 11) is 0. The number of nitrogens with one attached hydrogen (secondary N) is 1. The number of fused-ring (bicyclic) bond motifs is 1. The zero-order chi connectivity index (χ0) is 20.3. The number of hydrogen-bond donors (Lipinski definition) is 2.